The highest BCUT2D eigenvalue weighted by molar-refractivity contribution is 6.35. The lowest BCUT2D eigenvalue weighted by Crippen LogP contribution is -2.34. The summed E-state index contributed by atoms with van der Waals surface area (Å²) in [5.74, 6) is -0.900. The van der Waals surface area contributed by atoms with E-state index in [9.17, 15) is 13.6 Å². The Hall–Kier alpha value is -4.12. The second kappa shape index (κ2) is 8.67. The summed E-state index contributed by atoms with van der Waals surface area (Å²) in [7, 11) is 0. The number of halogens is 3. The Kier molecular flexibility index (Phi) is 5.54. The van der Waals surface area contributed by atoms with E-state index in [0.29, 0.717) is 28.9 Å². The van der Waals surface area contributed by atoms with Gasteiger partial charge in [0.25, 0.3) is 5.56 Å². The van der Waals surface area contributed by atoms with Gasteiger partial charge in [0.15, 0.2) is 17.3 Å². The van der Waals surface area contributed by atoms with Crippen LogP contribution in [0.5, 0.6) is 0 Å². The number of benzene rings is 2. The molecule has 0 aliphatic heterocycles. The van der Waals surface area contributed by atoms with Crippen molar-refractivity contribution >= 4 is 45.2 Å². The molecule has 0 bridgehead atoms. The van der Waals surface area contributed by atoms with E-state index in [2.05, 4.69) is 35.7 Å². The molecule has 2 aromatic carbocycles. The standard InChI is InChI=1S/C22H17ClF2N8O/c1-2-15(30-20-18-19(27-9-26-18)28-10-29-20)21-31-16-5-3-4-14(23)17(16)22(34)33(21)32-13-7-11(24)6-12(25)8-13/h3-10,15,32H,2H2,1H3,(H2,26,27,28,29,30)/t15-/m0/s1. The molecule has 0 amide bonds. The highest BCUT2D eigenvalue weighted by atomic mass is 35.5. The Balaban J connectivity index is 1.68. The van der Waals surface area contributed by atoms with Crippen LogP contribution in [-0.2, 0) is 0 Å². The summed E-state index contributed by atoms with van der Waals surface area (Å²) in [6.45, 7) is 1.89. The van der Waals surface area contributed by atoms with E-state index in [1.807, 2.05) is 6.92 Å². The maximum Gasteiger partial charge on any atom is 0.281 e. The molecule has 0 radical (unpaired) electrons. The highest BCUT2D eigenvalue weighted by Gasteiger charge is 2.22. The molecule has 0 saturated heterocycles. The van der Waals surface area contributed by atoms with Crippen LogP contribution in [0.2, 0.25) is 5.02 Å². The highest BCUT2D eigenvalue weighted by Crippen LogP contribution is 2.26. The number of imidazole rings is 1. The van der Waals surface area contributed by atoms with Crippen molar-refractivity contribution in [1.82, 2.24) is 29.6 Å². The van der Waals surface area contributed by atoms with Gasteiger partial charge in [0.2, 0.25) is 0 Å². The molecule has 1 atom stereocenters. The van der Waals surface area contributed by atoms with Crippen LogP contribution in [0.15, 0.2) is 53.8 Å². The van der Waals surface area contributed by atoms with Gasteiger partial charge in [-0.3, -0.25) is 10.2 Å². The lowest BCUT2D eigenvalue weighted by molar-refractivity contribution is 0.582. The molecule has 34 heavy (non-hydrogen) atoms. The Morgan fingerprint density at radius 3 is 2.71 bits per heavy atom. The van der Waals surface area contributed by atoms with E-state index in [0.717, 1.165) is 22.9 Å². The van der Waals surface area contributed by atoms with Crippen molar-refractivity contribution in [2.75, 3.05) is 10.7 Å². The molecule has 12 heteroatoms. The summed E-state index contributed by atoms with van der Waals surface area (Å²) >= 11 is 6.29. The third kappa shape index (κ3) is 3.90. The average Bonchev–Trinajstić information content (AvgIpc) is 3.28. The molecule has 3 heterocycles. The van der Waals surface area contributed by atoms with Crippen LogP contribution in [0.1, 0.15) is 25.2 Å². The van der Waals surface area contributed by atoms with E-state index in [1.165, 1.54) is 12.7 Å². The molecule has 3 aromatic heterocycles. The van der Waals surface area contributed by atoms with Gasteiger partial charge in [-0.2, -0.15) is 0 Å². The van der Waals surface area contributed by atoms with Gasteiger partial charge in [0.05, 0.1) is 34.0 Å². The minimum atomic E-state index is -0.795. The molecular weight excluding hydrogens is 466 g/mol. The van der Waals surface area contributed by atoms with E-state index >= 15 is 0 Å². The first-order chi connectivity index (χ1) is 16.4. The monoisotopic (exact) mass is 482 g/mol. The summed E-state index contributed by atoms with van der Waals surface area (Å²) in [5.41, 5.74) is 3.72. The fourth-order valence-corrected chi connectivity index (χ4v) is 3.93. The Morgan fingerprint density at radius 1 is 1.15 bits per heavy atom. The summed E-state index contributed by atoms with van der Waals surface area (Å²) < 4.78 is 28.8. The number of hydrogen-bond acceptors (Lipinski definition) is 7. The molecule has 0 fully saturated rings. The van der Waals surface area contributed by atoms with Crippen molar-refractivity contribution in [1.29, 1.82) is 0 Å². The molecule has 5 rings (SSSR count). The topological polar surface area (TPSA) is 113 Å². The third-order valence-corrected chi connectivity index (χ3v) is 5.54. The molecule has 0 saturated carbocycles. The van der Waals surface area contributed by atoms with Gasteiger partial charge in [-0.1, -0.05) is 24.6 Å². The number of rotatable bonds is 6. The molecular formula is C22H17ClF2N8O. The number of aromatic amines is 1. The van der Waals surface area contributed by atoms with Gasteiger partial charge >= 0.3 is 0 Å². The lowest BCUT2D eigenvalue weighted by Gasteiger charge is -2.23. The molecule has 9 nitrogen and oxygen atoms in total. The van der Waals surface area contributed by atoms with Crippen LogP contribution in [0, 0.1) is 11.6 Å². The summed E-state index contributed by atoms with van der Waals surface area (Å²) in [4.78, 5) is 33.7. The van der Waals surface area contributed by atoms with Crippen LogP contribution < -0.4 is 16.3 Å². The van der Waals surface area contributed by atoms with Gasteiger partial charge in [0.1, 0.15) is 23.5 Å². The number of nitrogens with one attached hydrogen (secondary N) is 3. The largest absolute Gasteiger partial charge is 0.358 e. The Bertz CT molecular complexity index is 1560. The fraction of sp³-hybridized carbons (Fsp3) is 0.136. The zero-order valence-electron chi connectivity index (χ0n) is 17.7. The van der Waals surface area contributed by atoms with Crippen LogP contribution in [0.4, 0.5) is 20.3 Å². The van der Waals surface area contributed by atoms with Gasteiger partial charge in [-0.15, -0.1) is 0 Å². The number of hydrogen-bond donors (Lipinski definition) is 3. The molecule has 0 spiro atoms. The molecule has 3 N–H and O–H groups in total. The third-order valence-electron chi connectivity index (χ3n) is 5.22. The predicted octanol–water partition coefficient (Wildman–Crippen LogP) is 4.43. The van der Waals surface area contributed by atoms with Crippen molar-refractivity contribution in [3.05, 3.63) is 81.9 Å². The maximum atomic E-state index is 13.8. The van der Waals surface area contributed by atoms with E-state index in [4.69, 9.17) is 11.6 Å². The number of nitrogens with zero attached hydrogens (tertiary/aromatic N) is 5. The van der Waals surface area contributed by atoms with Crippen LogP contribution in [-0.4, -0.2) is 29.6 Å². The Labute approximate surface area is 195 Å². The molecule has 5 aromatic rings. The average molecular weight is 483 g/mol. The Morgan fingerprint density at radius 2 is 1.94 bits per heavy atom. The zero-order valence-corrected chi connectivity index (χ0v) is 18.4. The molecule has 0 aliphatic rings. The minimum Gasteiger partial charge on any atom is -0.358 e. The zero-order chi connectivity index (χ0) is 23.8. The van der Waals surface area contributed by atoms with Gasteiger partial charge in [0, 0.05) is 6.07 Å². The summed E-state index contributed by atoms with van der Waals surface area (Å²) in [6.07, 6.45) is 3.36. The molecule has 172 valence electrons. The molecule has 0 unspecified atom stereocenters. The first kappa shape index (κ1) is 21.7. The van der Waals surface area contributed by atoms with Crippen LogP contribution in [0.3, 0.4) is 0 Å². The van der Waals surface area contributed by atoms with Crippen molar-refractivity contribution < 1.29 is 8.78 Å². The first-order valence-electron chi connectivity index (χ1n) is 10.3. The minimum absolute atomic E-state index is 0.0284. The number of aromatic nitrogens is 6. The van der Waals surface area contributed by atoms with Gasteiger partial charge in [-0.05, 0) is 30.7 Å². The van der Waals surface area contributed by atoms with Crippen molar-refractivity contribution in [2.45, 2.75) is 19.4 Å². The van der Waals surface area contributed by atoms with Crippen molar-refractivity contribution in [2.24, 2.45) is 0 Å². The van der Waals surface area contributed by atoms with E-state index < -0.39 is 23.2 Å². The SMILES string of the molecule is CC[C@H](Nc1ncnc2[nH]cnc12)c1nc2cccc(Cl)c2c(=O)n1Nc1cc(F)cc(F)c1. The van der Waals surface area contributed by atoms with Crippen molar-refractivity contribution in [3.63, 3.8) is 0 Å². The number of fused-ring (bicyclic) bond motifs is 2. The number of H-pyrrole nitrogens is 1. The van der Waals surface area contributed by atoms with Gasteiger partial charge < -0.3 is 10.3 Å². The first-order valence-corrected chi connectivity index (χ1v) is 10.7. The second-order valence-corrected chi connectivity index (χ2v) is 7.85. The maximum absolute atomic E-state index is 13.8. The summed E-state index contributed by atoms with van der Waals surface area (Å²) in [6, 6.07) is 7.27. The van der Waals surface area contributed by atoms with Crippen LogP contribution in [0.25, 0.3) is 22.1 Å². The number of anilines is 2. The fourth-order valence-electron chi connectivity index (χ4n) is 3.68. The van der Waals surface area contributed by atoms with E-state index in [-0.39, 0.29) is 21.9 Å². The second-order valence-electron chi connectivity index (χ2n) is 7.44. The predicted molar refractivity (Wildman–Crippen MR) is 125 cm³/mol. The smallest absolute Gasteiger partial charge is 0.281 e. The van der Waals surface area contributed by atoms with Gasteiger partial charge in [-0.25, -0.2) is 33.4 Å². The lowest BCUT2D eigenvalue weighted by atomic mass is 10.1. The molecule has 0 aliphatic carbocycles. The quantitative estimate of drug-likeness (QED) is 0.328. The summed E-state index contributed by atoms with van der Waals surface area (Å²) in [5, 5.41) is 3.63. The van der Waals surface area contributed by atoms with Crippen molar-refractivity contribution in [3.8, 4) is 0 Å². The normalized spacial score (nSPS) is 12.2. The van der Waals surface area contributed by atoms with Crippen LogP contribution >= 0.6 is 11.6 Å². The van der Waals surface area contributed by atoms with E-state index in [1.54, 1.807) is 18.2 Å².